The lowest BCUT2D eigenvalue weighted by Gasteiger charge is -2.35. The summed E-state index contributed by atoms with van der Waals surface area (Å²) in [4.78, 5) is 28.4. The maximum atomic E-state index is 12.6. The average Bonchev–Trinajstić information content (AvgIpc) is 2.47. The zero-order valence-corrected chi connectivity index (χ0v) is 12.4. The summed E-state index contributed by atoms with van der Waals surface area (Å²) in [6.45, 7) is 8.71. The number of nitrogens with zero attached hydrogens (tertiary/aromatic N) is 2. The second kappa shape index (κ2) is 5.51. The summed E-state index contributed by atoms with van der Waals surface area (Å²) < 4.78 is 0. The largest absolute Gasteiger partial charge is 0.340 e. The standard InChI is InChI=1S/C15H26N2O2/c1-15(2,3)8-11-16-10-7-13(18)17-9-5-4-6-12(17)14(16)19/h12H,4-11H2,1-3H3. The smallest absolute Gasteiger partial charge is 0.245 e. The molecule has 1 atom stereocenters. The van der Waals surface area contributed by atoms with Crippen molar-refractivity contribution in [3.05, 3.63) is 0 Å². The predicted molar refractivity (Wildman–Crippen MR) is 74.6 cm³/mol. The summed E-state index contributed by atoms with van der Waals surface area (Å²) in [5.41, 5.74) is 0.225. The maximum absolute atomic E-state index is 12.6. The van der Waals surface area contributed by atoms with E-state index in [1.165, 1.54) is 0 Å². The van der Waals surface area contributed by atoms with E-state index in [1.54, 1.807) is 0 Å². The Morgan fingerprint density at radius 1 is 1.16 bits per heavy atom. The predicted octanol–water partition coefficient (Wildman–Crippen LogP) is 2.04. The number of fused-ring (bicyclic) bond motifs is 1. The highest BCUT2D eigenvalue weighted by Crippen LogP contribution is 2.25. The Morgan fingerprint density at radius 2 is 1.89 bits per heavy atom. The van der Waals surface area contributed by atoms with Gasteiger partial charge in [0.2, 0.25) is 11.8 Å². The number of hydrogen-bond donors (Lipinski definition) is 0. The highest BCUT2D eigenvalue weighted by atomic mass is 16.2. The third-order valence-corrected chi connectivity index (χ3v) is 4.15. The fourth-order valence-corrected chi connectivity index (χ4v) is 2.87. The molecule has 0 aromatic heterocycles. The van der Waals surface area contributed by atoms with E-state index >= 15 is 0 Å². The first kappa shape index (κ1) is 14.4. The molecule has 2 amide bonds. The van der Waals surface area contributed by atoms with Crippen molar-refractivity contribution in [2.24, 2.45) is 5.41 Å². The third-order valence-electron chi connectivity index (χ3n) is 4.15. The molecular weight excluding hydrogens is 240 g/mol. The van der Waals surface area contributed by atoms with Crippen LogP contribution in [0.3, 0.4) is 0 Å². The van der Waals surface area contributed by atoms with Gasteiger partial charge in [-0.25, -0.2) is 0 Å². The lowest BCUT2D eigenvalue weighted by Crippen LogP contribution is -2.50. The van der Waals surface area contributed by atoms with Crippen LogP contribution in [0, 0.1) is 5.41 Å². The molecule has 0 aliphatic carbocycles. The minimum Gasteiger partial charge on any atom is -0.340 e. The maximum Gasteiger partial charge on any atom is 0.245 e. The monoisotopic (exact) mass is 266 g/mol. The van der Waals surface area contributed by atoms with Crippen LogP contribution >= 0.6 is 0 Å². The van der Waals surface area contributed by atoms with E-state index in [0.717, 1.165) is 38.8 Å². The van der Waals surface area contributed by atoms with E-state index in [1.807, 2.05) is 9.80 Å². The average molecular weight is 266 g/mol. The lowest BCUT2D eigenvalue weighted by atomic mass is 9.92. The number of amides is 2. The van der Waals surface area contributed by atoms with Gasteiger partial charge in [-0.2, -0.15) is 0 Å². The van der Waals surface area contributed by atoms with Gasteiger partial charge >= 0.3 is 0 Å². The van der Waals surface area contributed by atoms with Crippen molar-refractivity contribution >= 4 is 11.8 Å². The molecule has 0 saturated carbocycles. The zero-order chi connectivity index (χ0) is 14.0. The van der Waals surface area contributed by atoms with E-state index in [0.29, 0.717) is 13.0 Å². The van der Waals surface area contributed by atoms with Crippen LogP contribution in [0.4, 0.5) is 0 Å². The van der Waals surface area contributed by atoms with Gasteiger partial charge < -0.3 is 9.80 Å². The van der Waals surface area contributed by atoms with Gasteiger partial charge in [0, 0.05) is 26.1 Å². The quantitative estimate of drug-likeness (QED) is 0.767. The van der Waals surface area contributed by atoms with Crippen LogP contribution in [0.15, 0.2) is 0 Å². The van der Waals surface area contributed by atoms with E-state index in [-0.39, 0.29) is 23.3 Å². The molecule has 2 fully saturated rings. The minimum absolute atomic E-state index is 0.163. The second-order valence-electron chi connectivity index (χ2n) is 6.98. The number of carbonyl (C=O) groups excluding carboxylic acids is 2. The van der Waals surface area contributed by atoms with Gasteiger partial charge in [0.05, 0.1) is 0 Å². The molecule has 0 aromatic carbocycles. The van der Waals surface area contributed by atoms with Crippen LogP contribution < -0.4 is 0 Å². The highest BCUT2D eigenvalue weighted by molar-refractivity contribution is 5.90. The number of piperidine rings is 1. The van der Waals surface area contributed by atoms with Crippen LogP contribution in [0.2, 0.25) is 0 Å². The van der Waals surface area contributed by atoms with Crippen LogP contribution in [0.1, 0.15) is 52.9 Å². The Morgan fingerprint density at radius 3 is 2.58 bits per heavy atom. The van der Waals surface area contributed by atoms with E-state index in [9.17, 15) is 9.59 Å². The van der Waals surface area contributed by atoms with Crippen LogP contribution in [-0.2, 0) is 9.59 Å². The minimum atomic E-state index is -0.177. The topological polar surface area (TPSA) is 40.6 Å². The number of hydrogen-bond acceptors (Lipinski definition) is 2. The van der Waals surface area contributed by atoms with Gasteiger partial charge in [0.1, 0.15) is 6.04 Å². The Hall–Kier alpha value is -1.06. The first-order valence-electron chi connectivity index (χ1n) is 7.47. The Labute approximate surface area is 116 Å². The van der Waals surface area contributed by atoms with Crippen molar-refractivity contribution in [1.82, 2.24) is 9.80 Å². The Kier molecular flexibility index (Phi) is 4.16. The third kappa shape index (κ3) is 3.48. The number of carbonyl (C=O) groups is 2. The van der Waals surface area contributed by atoms with Crippen molar-refractivity contribution in [1.29, 1.82) is 0 Å². The van der Waals surface area contributed by atoms with E-state index in [4.69, 9.17) is 0 Å². The molecule has 108 valence electrons. The fraction of sp³-hybridized carbons (Fsp3) is 0.867. The first-order valence-corrected chi connectivity index (χ1v) is 7.47. The zero-order valence-electron chi connectivity index (χ0n) is 12.4. The molecule has 4 heteroatoms. The van der Waals surface area contributed by atoms with Gasteiger partial charge in [0.25, 0.3) is 0 Å². The van der Waals surface area contributed by atoms with E-state index < -0.39 is 0 Å². The van der Waals surface area contributed by atoms with Crippen LogP contribution in [-0.4, -0.2) is 47.3 Å². The summed E-state index contributed by atoms with van der Waals surface area (Å²) in [6.07, 6.45) is 4.42. The molecule has 2 aliphatic rings. The Bertz CT molecular complexity index is 360. The molecule has 19 heavy (non-hydrogen) atoms. The molecule has 2 rings (SSSR count). The van der Waals surface area contributed by atoms with Crippen molar-refractivity contribution in [2.75, 3.05) is 19.6 Å². The Balaban J connectivity index is 2.05. The summed E-state index contributed by atoms with van der Waals surface area (Å²) >= 11 is 0. The molecule has 2 aliphatic heterocycles. The molecule has 2 heterocycles. The van der Waals surface area contributed by atoms with Gasteiger partial charge in [0.15, 0.2) is 0 Å². The molecule has 0 aromatic rings. The number of rotatable bonds is 2. The molecule has 1 unspecified atom stereocenters. The van der Waals surface area contributed by atoms with Gasteiger partial charge in [-0.05, 0) is 31.1 Å². The summed E-state index contributed by atoms with van der Waals surface area (Å²) in [6, 6.07) is -0.177. The molecule has 2 saturated heterocycles. The molecular formula is C15H26N2O2. The van der Waals surface area contributed by atoms with E-state index in [2.05, 4.69) is 20.8 Å². The van der Waals surface area contributed by atoms with Crippen molar-refractivity contribution < 1.29 is 9.59 Å². The molecule has 4 nitrogen and oxygen atoms in total. The molecule has 0 bridgehead atoms. The molecule has 0 radical (unpaired) electrons. The van der Waals surface area contributed by atoms with Gasteiger partial charge in [-0.3, -0.25) is 9.59 Å². The normalized spacial score (nSPS) is 25.3. The molecule has 0 N–H and O–H groups in total. The van der Waals surface area contributed by atoms with Gasteiger partial charge in [-0.1, -0.05) is 20.8 Å². The summed E-state index contributed by atoms with van der Waals surface area (Å²) in [5.74, 6) is 0.339. The summed E-state index contributed by atoms with van der Waals surface area (Å²) in [5, 5.41) is 0. The fourth-order valence-electron chi connectivity index (χ4n) is 2.87. The summed E-state index contributed by atoms with van der Waals surface area (Å²) in [7, 11) is 0. The van der Waals surface area contributed by atoms with Crippen molar-refractivity contribution in [3.8, 4) is 0 Å². The molecule has 0 spiro atoms. The SMILES string of the molecule is CC(C)(C)CCN1CCC(=O)N2CCCCC2C1=O. The van der Waals surface area contributed by atoms with Crippen molar-refractivity contribution in [3.63, 3.8) is 0 Å². The van der Waals surface area contributed by atoms with Crippen LogP contribution in [0.5, 0.6) is 0 Å². The first-order chi connectivity index (χ1) is 8.88. The van der Waals surface area contributed by atoms with Crippen LogP contribution in [0.25, 0.3) is 0 Å². The highest BCUT2D eigenvalue weighted by Gasteiger charge is 2.37. The second-order valence-corrected chi connectivity index (χ2v) is 6.98. The lowest BCUT2D eigenvalue weighted by molar-refractivity contribution is -0.143. The van der Waals surface area contributed by atoms with Crippen molar-refractivity contribution in [2.45, 2.75) is 58.9 Å². The van der Waals surface area contributed by atoms with Gasteiger partial charge in [-0.15, -0.1) is 0 Å².